The molecule has 0 unspecified atom stereocenters. The number of hydrogen-bond donors (Lipinski definition) is 1. The minimum atomic E-state index is -2.78. The summed E-state index contributed by atoms with van der Waals surface area (Å²) in [7, 11) is 1.17. The van der Waals surface area contributed by atoms with Crippen molar-refractivity contribution in [2.24, 2.45) is 0 Å². The maximum absolute atomic E-state index is 12.5. The molecular formula is C9H8BrF2NO3. The average molecular weight is 296 g/mol. The molecule has 0 aliphatic rings. The number of aromatic nitrogens is 1. The van der Waals surface area contributed by atoms with Crippen LogP contribution in [0.3, 0.4) is 0 Å². The first-order chi connectivity index (χ1) is 7.45. The van der Waals surface area contributed by atoms with Gasteiger partial charge in [0.2, 0.25) is 5.56 Å². The van der Waals surface area contributed by atoms with Gasteiger partial charge in [-0.1, -0.05) is 0 Å². The number of hydrogen-bond acceptors (Lipinski definition) is 3. The maximum atomic E-state index is 12.5. The molecule has 16 heavy (non-hydrogen) atoms. The Kier molecular flexibility index (Phi) is 4.17. The number of carbonyl (C=O) groups excluding carboxylic acids is 1. The molecule has 0 bridgehead atoms. The normalized spacial score (nSPS) is 10.6. The number of pyridine rings is 1. The van der Waals surface area contributed by atoms with Gasteiger partial charge in [-0.05, 0) is 15.9 Å². The van der Waals surface area contributed by atoms with E-state index in [9.17, 15) is 18.4 Å². The zero-order chi connectivity index (χ0) is 12.3. The van der Waals surface area contributed by atoms with E-state index in [1.807, 2.05) is 0 Å². The van der Waals surface area contributed by atoms with Crippen molar-refractivity contribution in [3.05, 3.63) is 32.2 Å². The van der Waals surface area contributed by atoms with E-state index in [2.05, 4.69) is 25.7 Å². The summed E-state index contributed by atoms with van der Waals surface area (Å²) in [5.74, 6) is -0.622. The minimum Gasteiger partial charge on any atom is -0.469 e. The van der Waals surface area contributed by atoms with Gasteiger partial charge in [-0.2, -0.15) is 0 Å². The Labute approximate surface area is 97.7 Å². The minimum absolute atomic E-state index is 0.0208. The second kappa shape index (κ2) is 5.20. The van der Waals surface area contributed by atoms with Gasteiger partial charge in [-0.15, -0.1) is 0 Å². The number of aromatic amines is 1. The monoisotopic (exact) mass is 295 g/mol. The molecule has 0 saturated heterocycles. The molecule has 0 radical (unpaired) electrons. The van der Waals surface area contributed by atoms with E-state index in [0.29, 0.717) is 0 Å². The highest BCUT2D eigenvalue weighted by Crippen LogP contribution is 2.28. The van der Waals surface area contributed by atoms with E-state index in [-0.39, 0.29) is 16.6 Å². The van der Waals surface area contributed by atoms with E-state index in [1.54, 1.807) is 0 Å². The highest BCUT2D eigenvalue weighted by molar-refractivity contribution is 9.10. The third-order valence-electron chi connectivity index (χ3n) is 1.86. The molecule has 1 heterocycles. The van der Waals surface area contributed by atoms with Crippen LogP contribution >= 0.6 is 15.9 Å². The molecule has 1 rings (SSSR count). The van der Waals surface area contributed by atoms with Crippen molar-refractivity contribution in [3.63, 3.8) is 0 Å². The Morgan fingerprint density at radius 1 is 1.62 bits per heavy atom. The highest BCUT2D eigenvalue weighted by Gasteiger charge is 2.17. The third-order valence-corrected chi connectivity index (χ3v) is 2.80. The Hall–Kier alpha value is -1.24. The maximum Gasteiger partial charge on any atom is 0.311 e. The van der Waals surface area contributed by atoms with Crippen LogP contribution in [-0.4, -0.2) is 18.1 Å². The number of carbonyl (C=O) groups is 1. The van der Waals surface area contributed by atoms with Gasteiger partial charge in [-0.3, -0.25) is 9.59 Å². The largest absolute Gasteiger partial charge is 0.469 e. The molecule has 0 aliphatic heterocycles. The molecule has 0 saturated carbocycles. The lowest BCUT2D eigenvalue weighted by atomic mass is 10.2. The number of methoxy groups -OCH3 is 1. The van der Waals surface area contributed by atoms with Crippen LogP contribution in [0.2, 0.25) is 0 Å². The van der Waals surface area contributed by atoms with Crippen molar-refractivity contribution in [1.29, 1.82) is 0 Å². The average Bonchev–Trinajstić information content (AvgIpc) is 2.22. The Balaban J connectivity index is 3.19. The number of rotatable bonds is 3. The first-order valence-corrected chi connectivity index (χ1v) is 5.01. The van der Waals surface area contributed by atoms with Crippen molar-refractivity contribution in [2.75, 3.05) is 7.11 Å². The van der Waals surface area contributed by atoms with Gasteiger partial charge in [0.05, 0.1) is 13.5 Å². The van der Waals surface area contributed by atoms with Gasteiger partial charge in [0.1, 0.15) is 0 Å². The van der Waals surface area contributed by atoms with Crippen LogP contribution in [0, 0.1) is 0 Å². The molecule has 88 valence electrons. The smallest absolute Gasteiger partial charge is 0.311 e. The summed E-state index contributed by atoms with van der Waals surface area (Å²) in [6.07, 6.45) is -3.06. The number of H-pyrrole nitrogens is 1. The van der Waals surface area contributed by atoms with E-state index < -0.39 is 23.5 Å². The van der Waals surface area contributed by atoms with Gasteiger partial charge < -0.3 is 9.72 Å². The molecule has 0 atom stereocenters. The van der Waals surface area contributed by atoms with Crippen molar-refractivity contribution in [3.8, 4) is 0 Å². The summed E-state index contributed by atoms with van der Waals surface area (Å²) in [5, 5.41) is 0. The number of alkyl halides is 2. The highest BCUT2D eigenvalue weighted by atomic mass is 79.9. The van der Waals surface area contributed by atoms with Crippen LogP contribution in [0.25, 0.3) is 0 Å². The van der Waals surface area contributed by atoms with Crippen molar-refractivity contribution < 1.29 is 18.3 Å². The van der Waals surface area contributed by atoms with Crippen LogP contribution < -0.4 is 5.56 Å². The van der Waals surface area contributed by atoms with Gasteiger partial charge in [0, 0.05) is 21.8 Å². The molecule has 1 aromatic heterocycles. The van der Waals surface area contributed by atoms with Crippen LogP contribution in [0.5, 0.6) is 0 Å². The predicted octanol–water partition coefficient (Wildman–Crippen LogP) is 1.79. The quantitative estimate of drug-likeness (QED) is 0.865. The Bertz CT molecular complexity index is 459. The number of halogens is 3. The van der Waals surface area contributed by atoms with Gasteiger partial charge in [-0.25, -0.2) is 8.78 Å². The Morgan fingerprint density at radius 2 is 2.25 bits per heavy atom. The van der Waals surface area contributed by atoms with Crippen LogP contribution in [-0.2, 0) is 16.0 Å². The summed E-state index contributed by atoms with van der Waals surface area (Å²) in [4.78, 5) is 24.3. The lowest BCUT2D eigenvalue weighted by Gasteiger charge is -2.07. The molecule has 0 spiro atoms. The first kappa shape index (κ1) is 12.8. The molecule has 7 heteroatoms. The standard InChI is InChI=1S/C9H8BrF2NO3/c1-16-7(15)3-5-8(10)4(9(11)12)2-6(14)13-5/h2,9H,3H2,1H3,(H,13,14). The number of esters is 1. The molecular weight excluding hydrogens is 288 g/mol. The number of ether oxygens (including phenoxy) is 1. The molecule has 4 nitrogen and oxygen atoms in total. The van der Waals surface area contributed by atoms with Crippen molar-refractivity contribution in [1.82, 2.24) is 4.98 Å². The SMILES string of the molecule is COC(=O)Cc1[nH]c(=O)cc(C(F)F)c1Br. The van der Waals surface area contributed by atoms with E-state index in [1.165, 1.54) is 7.11 Å². The predicted molar refractivity (Wildman–Crippen MR) is 55.4 cm³/mol. The summed E-state index contributed by atoms with van der Waals surface area (Å²) >= 11 is 2.92. The second-order valence-corrected chi connectivity index (χ2v) is 3.73. The fraction of sp³-hybridized carbons (Fsp3) is 0.333. The van der Waals surface area contributed by atoms with Crippen LogP contribution in [0.15, 0.2) is 15.3 Å². The second-order valence-electron chi connectivity index (χ2n) is 2.94. The van der Waals surface area contributed by atoms with Crippen LogP contribution in [0.1, 0.15) is 17.7 Å². The fourth-order valence-corrected chi connectivity index (χ4v) is 1.64. The Morgan fingerprint density at radius 3 is 2.75 bits per heavy atom. The topological polar surface area (TPSA) is 59.2 Å². The van der Waals surface area contributed by atoms with Gasteiger partial charge >= 0.3 is 5.97 Å². The fourth-order valence-electron chi connectivity index (χ4n) is 1.12. The summed E-state index contributed by atoms with van der Waals surface area (Å²) < 4.78 is 29.4. The van der Waals surface area contributed by atoms with Crippen molar-refractivity contribution >= 4 is 21.9 Å². The van der Waals surface area contributed by atoms with E-state index in [4.69, 9.17) is 0 Å². The van der Waals surface area contributed by atoms with Crippen molar-refractivity contribution in [2.45, 2.75) is 12.8 Å². The molecule has 0 aromatic carbocycles. The lowest BCUT2D eigenvalue weighted by molar-refractivity contribution is -0.139. The first-order valence-electron chi connectivity index (χ1n) is 4.22. The third kappa shape index (κ3) is 2.88. The number of nitrogens with one attached hydrogen (secondary N) is 1. The molecule has 1 N–H and O–H groups in total. The van der Waals surface area contributed by atoms with Gasteiger partial charge in [0.25, 0.3) is 6.43 Å². The summed E-state index contributed by atoms with van der Waals surface area (Å²) in [5.41, 5.74) is -1.05. The molecule has 0 amide bonds. The molecule has 0 aliphatic carbocycles. The van der Waals surface area contributed by atoms with E-state index in [0.717, 1.165) is 6.07 Å². The molecule has 0 fully saturated rings. The summed E-state index contributed by atoms with van der Waals surface area (Å²) in [6, 6.07) is 0.787. The summed E-state index contributed by atoms with van der Waals surface area (Å²) in [6.45, 7) is 0. The zero-order valence-electron chi connectivity index (χ0n) is 8.22. The molecule has 1 aromatic rings. The lowest BCUT2D eigenvalue weighted by Crippen LogP contribution is -2.15. The zero-order valence-corrected chi connectivity index (χ0v) is 9.81. The van der Waals surface area contributed by atoms with E-state index >= 15 is 0 Å². The van der Waals surface area contributed by atoms with Crippen LogP contribution in [0.4, 0.5) is 8.78 Å². The van der Waals surface area contributed by atoms with Gasteiger partial charge in [0.15, 0.2) is 0 Å².